The monoisotopic (exact) mass is 580 g/mol. The first-order valence-electron chi connectivity index (χ1n) is 15.6. The molecule has 0 aliphatic carbocycles. The zero-order valence-electron chi connectivity index (χ0n) is 24.3. The Hall–Kier alpha value is -3.64. The quantitative estimate of drug-likeness (QED) is 0.0905. The first kappa shape index (κ1) is 27.2. The van der Waals surface area contributed by atoms with Crippen LogP contribution in [0.3, 0.4) is 0 Å². The third-order valence-electron chi connectivity index (χ3n) is 8.58. The minimum absolute atomic E-state index is 1.07. The van der Waals surface area contributed by atoms with Gasteiger partial charge in [0.2, 0.25) is 0 Å². The van der Waals surface area contributed by atoms with Gasteiger partial charge in [-0.25, -0.2) is 0 Å². The second-order valence-corrected chi connectivity index (χ2v) is 13.7. The van der Waals surface area contributed by atoms with E-state index >= 15 is 0 Å². The number of benzene rings is 5. The van der Waals surface area contributed by atoms with Gasteiger partial charge < -0.3 is 0 Å². The van der Waals surface area contributed by atoms with Crippen molar-refractivity contribution in [2.45, 2.75) is 64.7 Å². The van der Waals surface area contributed by atoms with Crippen LogP contribution in [0.25, 0.3) is 51.1 Å². The van der Waals surface area contributed by atoms with Crippen molar-refractivity contribution in [1.82, 2.24) is 0 Å². The summed E-state index contributed by atoms with van der Waals surface area (Å²) in [6, 6.07) is 33.4. The van der Waals surface area contributed by atoms with Gasteiger partial charge in [0.15, 0.2) is 0 Å². The van der Waals surface area contributed by atoms with Gasteiger partial charge in [0.1, 0.15) is 0 Å². The molecule has 0 unspecified atom stereocenters. The number of aryl methyl sites for hydroxylation is 1. The minimum Gasteiger partial charge on any atom is -0.134 e. The first-order valence-corrected chi connectivity index (χ1v) is 17.2. The van der Waals surface area contributed by atoms with E-state index in [1.165, 1.54) is 114 Å². The predicted molar refractivity (Wildman–Crippen MR) is 188 cm³/mol. The highest BCUT2D eigenvalue weighted by Crippen LogP contribution is 2.44. The molecule has 0 saturated heterocycles. The van der Waals surface area contributed by atoms with Gasteiger partial charge in [-0.05, 0) is 64.2 Å². The van der Waals surface area contributed by atoms with E-state index < -0.39 is 0 Å². The molecule has 208 valence electrons. The Bertz CT molecular complexity index is 2090. The van der Waals surface area contributed by atoms with Gasteiger partial charge in [0.05, 0.1) is 9.40 Å². The second kappa shape index (κ2) is 12.3. The fourth-order valence-corrected chi connectivity index (χ4v) is 9.05. The van der Waals surface area contributed by atoms with Crippen molar-refractivity contribution in [3.05, 3.63) is 108 Å². The lowest BCUT2D eigenvalue weighted by atomic mass is 9.97. The summed E-state index contributed by atoms with van der Waals surface area (Å²) in [6.07, 6.45) is 12.2. The molecule has 2 heterocycles. The molecule has 7 aromatic rings. The molecule has 0 fully saturated rings. The van der Waals surface area contributed by atoms with Gasteiger partial charge in [-0.15, -0.1) is 22.7 Å². The summed E-state index contributed by atoms with van der Waals surface area (Å²) in [5.41, 5.74) is 3.65. The van der Waals surface area contributed by atoms with Crippen LogP contribution in [0, 0.1) is 11.8 Å². The molecule has 7 rings (SSSR count). The Kier molecular flexibility index (Phi) is 7.97. The van der Waals surface area contributed by atoms with Crippen molar-refractivity contribution < 1.29 is 0 Å². The minimum atomic E-state index is 1.07. The molecule has 0 bridgehead atoms. The molecule has 0 amide bonds. The fraction of sp³-hybridized carbons (Fsp3) is 0.250. The summed E-state index contributed by atoms with van der Waals surface area (Å²) in [7, 11) is 0. The van der Waals surface area contributed by atoms with Gasteiger partial charge in [-0.3, -0.25) is 0 Å². The highest BCUT2D eigenvalue weighted by molar-refractivity contribution is 7.36. The molecule has 2 aromatic heterocycles. The van der Waals surface area contributed by atoms with Crippen LogP contribution in [0.15, 0.2) is 91.0 Å². The molecule has 0 N–H and O–H groups in total. The van der Waals surface area contributed by atoms with Crippen LogP contribution < -0.4 is 0 Å². The summed E-state index contributed by atoms with van der Waals surface area (Å²) >= 11 is 3.88. The topological polar surface area (TPSA) is 0 Å². The summed E-state index contributed by atoms with van der Waals surface area (Å²) in [4.78, 5) is 0. The maximum atomic E-state index is 3.52. The van der Waals surface area contributed by atoms with E-state index in [1.807, 2.05) is 22.7 Å². The van der Waals surface area contributed by atoms with Gasteiger partial charge in [0, 0.05) is 31.3 Å². The van der Waals surface area contributed by atoms with Crippen LogP contribution in [0.1, 0.15) is 75.0 Å². The molecular weight excluding hydrogens is 545 g/mol. The largest absolute Gasteiger partial charge is 0.134 e. The lowest BCUT2D eigenvalue weighted by Gasteiger charge is -2.06. The summed E-state index contributed by atoms with van der Waals surface area (Å²) < 4.78 is 5.61. The van der Waals surface area contributed by atoms with Crippen molar-refractivity contribution in [1.29, 1.82) is 0 Å². The van der Waals surface area contributed by atoms with Crippen LogP contribution in [-0.4, -0.2) is 0 Å². The number of rotatable bonds is 9. The van der Waals surface area contributed by atoms with Crippen molar-refractivity contribution in [3.63, 3.8) is 0 Å². The van der Waals surface area contributed by atoms with Gasteiger partial charge >= 0.3 is 0 Å². The molecule has 0 aliphatic rings. The molecule has 0 saturated carbocycles. The predicted octanol–water partition coefficient (Wildman–Crippen LogP) is 12.7. The Labute approximate surface area is 257 Å². The number of fused-ring (bicyclic) bond motifs is 8. The number of thiophene rings is 2. The molecular formula is C40H36S2. The number of hydrogen-bond donors (Lipinski definition) is 0. The van der Waals surface area contributed by atoms with Gasteiger partial charge in [-0.1, -0.05) is 130 Å². The molecule has 0 atom stereocenters. The van der Waals surface area contributed by atoms with Crippen LogP contribution >= 0.6 is 22.7 Å². The SMILES string of the molecule is CCCCCCCCCCc1ccc2c(c1)sc1c3ccc(C#Cc4cc5ccccc5c5ccccc45)cc3sc21. The molecule has 0 spiro atoms. The second-order valence-electron chi connectivity index (χ2n) is 11.6. The summed E-state index contributed by atoms with van der Waals surface area (Å²) in [5, 5.41) is 7.78. The van der Waals surface area contributed by atoms with Crippen molar-refractivity contribution in [2.24, 2.45) is 0 Å². The summed E-state index contributed by atoms with van der Waals surface area (Å²) in [6.45, 7) is 2.29. The van der Waals surface area contributed by atoms with E-state index in [-0.39, 0.29) is 0 Å². The average Bonchev–Trinajstić information content (AvgIpc) is 3.56. The smallest absolute Gasteiger partial charge is 0.0542 e. The molecule has 5 aromatic carbocycles. The van der Waals surface area contributed by atoms with E-state index in [0.717, 1.165) is 11.1 Å². The number of hydrogen-bond acceptors (Lipinski definition) is 2. The zero-order chi connectivity index (χ0) is 28.3. The van der Waals surface area contributed by atoms with Crippen molar-refractivity contribution in [2.75, 3.05) is 0 Å². The molecule has 2 heteroatoms. The third kappa shape index (κ3) is 5.45. The van der Waals surface area contributed by atoms with Crippen molar-refractivity contribution >= 4 is 73.8 Å². The van der Waals surface area contributed by atoms with Crippen molar-refractivity contribution in [3.8, 4) is 11.8 Å². The van der Waals surface area contributed by atoms with E-state index in [9.17, 15) is 0 Å². The Morgan fingerprint density at radius 3 is 1.95 bits per heavy atom. The molecule has 42 heavy (non-hydrogen) atoms. The van der Waals surface area contributed by atoms with Gasteiger partial charge in [-0.2, -0.15) is 0 Å². The number of unbranched alkanes of at least 4 members (excludes halogenated alkanes) is 7. The Balaban J connectivity index is 1.11. The van der Waals surface area contributed by atoms with Crippen LogP contribution in [0.2, 0.25) is 0 Å². The highest BCUT2D eigenvalue weighted by Gasteiger charge is 2.13. The van der Waals surface area contributed by atoms with E-state index in [4.69, 9.17) is 0 Å². The Morgan fingerprint density at radius 2 is 1.17 bits per heavy atom. The Morgan fingerprint density at radius 1 is 0.524 bits per heavy atom. The zero-order valence-corrected chi connectivity index (χ0v) is 26.0. The summed E-state index contributed by atoms with van der Waals surface area (Å²) in [5.74, 6) is 7.01. The molecule has 0 nitrogen and oxygen atoms in total. The molecule has 0 aliphatic heterocycles. The van der Waals surface area contributed by atoms with E-state index in [1.54, 1.807) is 0 Å². The van der Waals surface area contributed by atoms with Gasteiger partial charge in [0.25, 0.3) is 0 Å². The highest BCUT2D eigenvalue weighted by atomic mass is 32.1. The lowest BCUT2D eigenvalue weighted by Crippen LogP contribution is -1.86. The average molecular weight is 581 g/mol. The standard InChI is InChI=1S/C40H36S2/c1-2-3-4-5-6-7-8-9-14-28-20-23-35-37(25-28)41-40-36-24-21-29(26-38(36)42-39(35)40)19-22-31-27-30-15-10-11-16-32(30)34-18-13-12-17-33(31)34/h10-13,15-18,20-21,23-27H,2-9,14H2,1H3. The van der Waals surface area contributed by atoms with E-state index in [0.29, 0.717) is 0 Å². The maximum Gasteiger partial charge on any atom is 0.0542 e. The maximum absolute atomic E-state index is 3.52. The lowest BCUT2D eigenvalue weighted by molar-refractivity contribution is 0.575. The first-order chi connectivity index (χ1) is 20.8. The fourth-order valence-electron chi connectivity index (χ4n) is 6.29. The van der Waals surface area contributed by atoms with Crippen LogP contribution in [0.4, 0.5) is 0 Å². The normalized spacial score (nSPS) is 11.6. The molecule has 0 radical (unpaired) electrons. The van der Waals surface area contributed by atoms with E-state index in [2.05, 4.69) is 110 Å². The van der Waals surface area contributed by atoms with Crippen LogP contribution in [0.5, 0.6) is 0 Å². The van der Waals surface area contributed by atoms with Crippen LogP contribution in [-0.2, 0) is 6.42 Å². The third-order valence-corrected chi connectivity index (χ3v) is 11.1.